The molecule has 1 saturated heterocycles. The van der Waals surface area contributed by atoms with Crippen molar-refractivity contribution in [3.8, 4) is 0 Å². The zero-order valence-corrected chi connectivity index (χ0v) is 29.4. The largest absolute Gasteiger partial charge is 0.590 e. The molecule has 7 N–H and O–H groups in total. The number of nitrogens with zero attached hydrogens (tertiary/aromatic N) is 2. The zero-order chi connectivity index (χ0) is 34.7. The number of carbonyl (C=O) groups excluding carboxylic acids is 4. The predicted octanol–water partition coefficient (Wildman–Crippen LogP) is -0.722. The first-order valence-corrected chi connectivity index (χ1v) is 16.2. The number of hydrogen-bond donors (Lipinski definition) is 6. The third-order valence-corrected chi connectivity index (χ3v) is 8.73. The van der Waals surface area contributed by atoms with Gasteiger partial charge in [0.05, 0.1) is 42.0 Å². The molecule has 5 atom stereocenters. The quantitative estimate of drug-likeness (QED) is 0.0280. The van der Waals surface area contributed by atoms with E-state index < -0.39 is 59.8 Å². The van der Waals surface area contributed by atoms with E-state index in [2.05, 4.69) is 60.5 Å². The van der Waals surface area contributed by atoms with Gasteiger partial charge >= 0.3 is 11.9 Å². The molecule has 0 aromatic carbocycles. The number of quaternary nitrogens is 1. The highest BCUT2D eigenvalue weighted by Gasteiger charge is 2.46. The Balaban J connectivity index is 3.03. The lowest BCUT2D eigenvalue weighted by Crippen LogP contribution is -2.89. The lowest BCUT2D eigenvalue weighted by Gasteiger charge is -2.39. The van der Waals surface area contributed by atoms with Gasteiger partial charge in [-0.3, -0.25) is 29.8 Å². The number of aliphatic hydroxyl groups excluding tert-OH is 1. The predicted molar refractivity (Wildman–Crippen MR) is 175 cm³/mol. The average Bonchev–Trinajstić information content (AvgIpc) is 3.24. The van der Waals surface area contributed by atoms with Crippen molar-refractivity contribution in [1.82, 2.24) is 30.5 Å². The number of nitrogens with two attached hydrogens (primary N) is 1. The Labute approximate surface area is 273 Å². The molecule has 1 heterocycles. The van der Waals surface area contributed by atoms with Gasteiger partial charge < -0.3 is 26.0 Å². The fourth-order valence-corrected chi connectivity index (χ4v) is 5.32. The van der Waals surface area contributed by atoms with Crippen molar-refractivity contribution in [3.63, 3.8) is 0 Å². The van der Waals surface area contributed by atoms with Gasteiger partial charge in [0.15, 0.2) is 6.35 Å². The monoisotopic (exact) mass is 655 g/mol. The zero-order valence-electron chi connectivity index (χ0n) is 28.6. The Hall–Kier alpha value is -2.62. The number of likely N-dealkylation sites (tertiary alicyclic amines) is 1. The topological polar surface area (TPSA) is 177 Å². The summed E-state index contributed by atoms with van der Waals surface area (Å²) in [4.78, 5) is 52.9. The lowest BCUT2D eigenvalue weighted by molar-refractivity contribution is -0.658. The van der Waals surface area contributed by atoms with Crippen LogP contribution in [0.25, 0.3) is 0 Å². The van der Waals surface area contributed by atoms with Gasteiger partial charge in [-0.1, -0.05) is 66.7 Å². The standard InChI is InChI=1S/C31H55N7O6S/c1-12-13-33-26(40)22(39)16-34-27(41)24-21(5)20(4)18-37(24)28(42)25(31(9,10)11)36-29(43)35-23(30(6,7)8)17-32-14-15-38(45-44)19(2)3/h12,19,21,23-25,29,32,35-36,43H,1,4,13-18H2,2-3,5-11H3,(H-,33,34,40,41)/p+2/t21-,23+,24-,25+,29?/m0/s1. The van der Waals surface area contributed by atoms with Crippen LogP contribution in [0.15, 0.2) is 24.8 Å². The minimum Gasteiger partial charge on any atom is -0.365 e. The summed E-state index contributed by atoms with van der Waals surface area (Å²) in [6.07, 6.45) is 0.188. The van der Waals surface area contributed by atoms with E-state index in [1.165, 1.54) is 11.0 Å². The number of Topliss-reactive ketones (excluding diaryl/α,β-unsaturated/α-hetero) is 1. The van der Waals surface area contributed by atoms with Crippen LogP contribution in [0.4, 0.5) is 0 Å². The molecular formula is C31H57N7O6S+2. The Morgan fingerprint density at radius 2 is 1.73 bits per heavy atom. The summed E-state index contributed by atoms with van der Waals surface area (Å²) in [7, 11) is 0. The van der Waals surface area contributed by atoms with Crippen molar-refractivity contribution < 1.29 is 33.8 Å². The molecule has 1 fully saturated rings. The van der Waals surface area contributed by atoms with Gasteiger partial charge in [0.25, 0.3) is 5.91 Å². The fourth-order valence-electron chi connectivity index (χ4n) is 4.96. The van der Waals surface area contributed by atoms with Gasteiger partial charge in [-0.25, -0.2) is 0 Å². The number of rotatable bonds is 18. The summed E-state index contributed by atoms with van der Waals surface area (Å²) in [5.74, 6) is -3.01. The second-order valence-electron chi connectivity index (χ2n) is 14.1. The summed E-state index contributed by atoms with van der Waals surface area (Å²) < 4.78 is 13.1. The Morgan fingerprint density at radius 1 is 1.11 bits per heavy atom. The van der Waals surface area contributed by atoms with Crippen molar-refractivity contribution in [3.05, 3.63) is 24.8 Å². The van der Waals surface area contributed by atoms with Gasteiger partial charge in [-0.2, -0.15) is 0 Å². The molecule has 1 aliphatic heterocycles. The summed E-state index contributed by atoms with van der Waals surface area (Å²) in [6.45, 7) is 26.7. The summed E-state index contributed by atoms with van der Waals surface area (Å²) >= 11 is 0.482. The number of amides is 3. The third-order valence-electron chi connectivity index (χ3n) is 7.93. The van der Waals surface area contributed by atoms with Crippen LogP contribution in [0.2, 0.25) is 0 Å². The first kappa shape index (κ1) is 40.4. The SMILES string of the molecule is C=CCNC(=O)C(=O)CNC(=O)[C@@H]1[C@@H](C)C(=C)CN1C(=O)[C@@H](NC(O)N[C@H](C[NH2+]CCN([S+]=O)C(C)C)C(C)(C)C)C(C)(C)C. The molecule has 0 aliphatic carbocycles. The summed E-state index contributed by atoms with van der Waals surface area (Å²) in [6, 6.07) is -1.86. The van der Waals surface area contributed by atoms with E-state index in [4.69, 9.17) is 0 Å². The Morgan fingerprint density at radius 3 is 2.24 bits per heavy atom. The van der Waals surface area contributed by atoms with Crippen molar-refractivity contribution in [2.45, 2.75) is 92.8 Å². The van der Waals surface area contributed by atoms with Crippen LogP contribution in [0.3, 0.4) is 0 Å². The molecule has 1 rings (SSSR count). The molecule has 1 unspecified atom stereocenters. The maximum Gasteiger partial charge on any atom is 0.590 e. The van der Waals surface area contributed by atoms with Crippen molar-refractivity contribution in [2.75, 3.05) is 39.3 Å². The molecule has 13 nitrogen and oxygen atoms in total. The van der Waals surface area contributed by atoms with E-state index in [1.807, 2.05) is 34.6 Å². The number of nitrogens with one attached hydrogen (secondary N) is 4. The fraction of sp³-hybridized carbons (Fsp3) is 0.742. The second kappa shape index (κ2) is 17.9. The second-order valence-corrected chi connectivity index (χ2v) is 14.7. The molecule has 0 aromatic rings. The molecule has 0 saturated carbocycles. The summed E-state index contributed by atoms with van der Waals surface area (Å²) in [5, 5.41) is 24.4. The molecule has 14 heteroatoms. The molecule has 0 aromatic heterocycles. The van der Waals surface area contributed by atoms with Crippen LogP contribution in [-0.2, 0) is 35.2 Å². The normalized spacial score (nSPS) is 19.3. The van der Waals surface area contributed by atoms with E-state index >= 15 is 0 Å². The van der Waals surface area contributed by atoms with Crippen LogP contribution in [0, 0.1) is 16.7 Å². The van der Waals surface area contributed by atoms with E-state index in [0.717, 1.165) is 0 Å². The van der Waals surface area contributed by atoms with Gasteiger partial charge in [0.1, 0.15) is 12.6 Å². The van der Waals surface area contributed by atoms with E-state index in [0.29, 0.717) is 37.1 Å². The molecule has 0 bridgehead atoms. The van der Waals surface area contributed by atoms with Crippen molar-refractivity contribution >= 4 is 35.4 Å². The highest BCUT2D eigenvalue weighted by atomic mass is 32.2. The van der Waals surface area contributed by atoms with Crippen LogP contribution in [0.1, 0.15) is 62.3 Å². The van der Waals surface area contributed by atoms with Gasteiger partial charge in [-0.15, -0.1) is 6.58 Å². The Bertz CT molecular complexity index is 1070. The van der Waals surface area contributed by atoms with Gasteiger partial charge in [0, 0.05) is 19.0 Å². The van der Waals surface area contributed by atoms with Crippen molar-refractivity contribution in [1.29, 1.82) is 0 Å². The van der Waals surface area contributed by atoms with E-state index in [9.17, 15) is 28.5 Å². The molecule has 0 radical (unpaired) electrons. The average molecular weight is 656 g/mol. The number of carbonyl (C=O) groups is 4. The maximum atomic E-state index is 14.1. The molecule has 45 heavy (non-hydrogen) atoms. The van der Waals surface area contributed by atoms with Crippen molar-refractivity contribution in [2.24, 2.45) is 16.7 Å². The van der Waals surface area contributed by atoms with Gasteiger partial charge in [0.2, 0.25) is 17.6 Å². The Kier molecular flexibility index (Phi) is 16.1. The highest BCUT2D eigenvalue weighted by molar-refractivity contribution is 7.62. The molecule has 0 spiro atoms. The van der Waals surface area contributed by atoms with Gasteiger partial charge in [-0.05, 0) is 29.0 Å². The first-order chi connectivity index (χ1) is 20.8. The minimum atomic E-state index is -1.25. The molecule has 256 valence electrons. The van der Waals surface area contributed by atoms with E-state index in [1.54, 1.807) is 11.2 Å². The number of hydrogen-bond acceptors (Lipinski definition) is 8. The highest BCUT2D eigenvalue weighted by Crippen LogP contribution is 2.31. The minimum absolute atomic E-state index is 0.121. The molecular weight excluding hydrogens is 598 g/mol. The first-order valence-electron chi connectivity index (χ1n) is 15.5. The smallest absolute Gasteiger partial charge is 0.365 e. The van der Waals surface area contributed by atoms with E-state index in [-0.39, 0.29) is 30.6 Å². The van der Waals surface area contributed by atoms with Crippen LogP contribution < -0.4 is 26.6 Å². The maximum absolute atomic E-state index is 14.1. The van der Waals surface area contributed by atoms with Crippen LogP contribution in [-0.4, -0.2) is 108 Å². The lowest BCUT2D eigenvalue weighted by atomic mass is 9.85. The summed E-state index contributed by atoms with van der Waals surface area (Å²) in [5.41, 5.74) is -0.219. The third kappa shape index (κ3) is 12.6. The number of aliphatic hydroxyl groups is 1. The number of ketones is 1. The van der Waals surface area contributed by atoms with Crippen LogP contribution >= 0.6 is 0 Å². The van der Waals surface area contributed by atoms with Crippen LogP contribution in [0.5, 0.6) is 0 Å². The molecule has 1 aliphatic rings. The molecule has 3 amide bonds.